The molecule has 0 saturated carbocycles. The maximum absolute atomic E-state index is 12.9. The second-order valence-electron chi connectivity index (χ2n) is 17.8. The molecule has 0 aliphatic carbocycles. The summed E-state index contributed by atoms with van der Waals surface area (Å²) in [5, 5.41) is 12.5. The number of hydrogen-bond donors (Lipinski definition) is 1. The van der Waals surface area contributed by atoms with Gasteiger partial charge >= 0.3 is 11.9 Å². The highest BCUT2D eigenvalue weighted by Crippen LogP contribution is 2.19. The number of carbonyl (C=O) groups excluding carboxylic acids is 2. The van der Waals surface area contributed by atoms with Crippen molar-refractivity contribution >= 4 is 17.8 Å². The van der Waals surface area contributed by atoms with Crippen molar-refractivity contribution in [3.8, 4) is 6.07 Å². The topological polar surface area (TPSA) is 117 Å². The second-order valence-corrected chi connectivity index (χ2v) is 17.8. The van der Waals surface area contributed by atoms with Crippen LogP contribution in [0.5, 0.6) is 0 Å². The van der Waals surface area contributed by atoms with E-state index in [2.05, 4.69) is 47.9 Å². The lowest BCUT2D eigenvalue weighted by molar-refractivity contribution is -0.150. The van der Waals surface area contributed by atoms with Crippen molar-refractivity contribution in [3.63, 3.8) is 0 Å². The molecular formula is C52H95N5O4. The first-order chi connectivity index (χ1) is 29.9. The monoisotopic (exact) mass is 854 g/mol. The SMILES string of the molecule is CCCCCCCCC(CC)OC(=O)CCCCCCCN(CCCCCCCC(=O)OC(CCCCCCCC)CCCCCCCC)CCCNc1ccnc(C#N)n1. The smallest absolute Gasteiger partial charge is 0.306 e. The minimum Gasteiger partial charge on any atom is -0.462 e. The van der Waals surface area contributed by atoms with Crippen molar-refractivity contribution < 1.29 is 19.1 Å². The summed E-state index contributed by atoms with van der Waals surface area (Å²) in [6.45, 7) is 12.9. The van der Waals surface area contributed by atoms with Crippen LogP contribution in [0.2, 0.25) is 0 Å². The summed E-state index contributed by atoms with van der Waals surface area (Å²) in [6, 6.07) is 3.82. The Morgan fingerprint density at radius 3 is 1.46 bits per heavy atom. The van der Waals surface area contributed by atoms with Gasteiger partial charge in [0.05, 0.1) is 0 Å². The Hall–Kier alpha value is -2.73. The number of ether oxygens (including phenoxy) is 2. The summed E-state index contributed by atoms with van der Waals surface area (Å²) in [4.78, 5) is 36.2. The molecule has 1 heterocycles. The van der Waals surface area contributed by atoms with Gasteiger partial charge in [0.2, 0.25) is 5.82 Å². The van der Waals surface area contributed by atoms with Gasteiger partial charge in [-0.05, 0) is 103 Å². The molecule has 0 aliphatic rings. The molecule has 1 unspecified atom stereocenters. The molecule has 0 fully saturated rings. The number of anilines is 1. The van der Waals surface area contributed by atoms with E-state index in [9.17, 15) is 9.59 Å². The Kier molecular flexibility index (Phi) is 39.3. The molecule has 1 aromatic rings. The molecule has 0 bridgehead atoms. The van der Waals surface area contributed by atoms with Crippen molar-refractivity contribution in [2.75, 3.05) is 31.5 Å². The zero-order chi connectivity index (χ0) is 44.3. The zero-order valence-electron chi connectivity index (χ0n) is 40.3. The maximum Gasteiger partial charge on any atom is 0.306 e. The molecule has 0 saturated heterocycles. The number of hydrogen-bond acceptors (Lipinski definition) is 9. The maximum atomic E-state index is 12.9. The number of unbranched alkanes of at least 4 members (excludes halogenated alkanes) is 23. The number of nitrogens with zero attached hydrogens (tertiary/aromatic N) is 4. The number of nitrogens with one attached hydrogen (secondary N) is 1. The van der Waals surface area contributed by atoms with E-state index in [-0.39, 0.29) is 30.0 Å². The van der Waals surface area contributed by atoms with Crippen molar-refractivity contribution in [2.24, 2.45) is 0 Å². The third kappa shape index (κ3) is 35.4. The molecule has 0 aromatic carbocycles. The lowest BCUT2D eigenvalue weighted by Gasteiger charge is -2.22. The van der Waals surface area contributed by atoms with Crippen LogP contribution in [0, 0.1) is 11.3 Å². The minimum atomic E-state index is -0.0189. The number of esters is 2. The van der Waals surface area contributed by atoms with Gasteiger partial charge in [0, 0.05) is 25.6 Å². The Morgan fingerprint density at radius 2 is 0.984 bits per heavy atom. The largest absolute Gasteiger partial charge is 0.462 e. The van der Waals surface area contributed by atoms with E-state index in [0.717, 1.165) is 116 Å². The lowest BCUT2D eigenvalue weighted by Crippen LogP contribution is -2.28. The van der Waals surface area contributed by atoms with E-state index < -0.39 is 0 Å². The number of rotatable bonds is 45. The highest BCUT2D eigenvalue weighted by molar-refractivity contribution is 5.69. The third-order valence-electron chi connectivity index (χ3n) is 12.1. The van der Waals surface area contributed by atoms with Crippen molar-refractivity contribution in [1.29, 1.82) is 5.26 Å². The second kappa shape index (κ2) is 42.6. The molecule has 1 N–H and O–H groups in total. The fraction of sp³-hybridized carbons (Fsp3) is 0.865. The van der Waals surface area contributed by atoms with Crippen molar-refractivity contribution in [1.82, 2.24) is 14.9 Å². The van der Waals surface area contributed by atoms with Gasteiger partial charge in [0.15, 0.2) is 0 Å². The fourth-order valence-electron chi connectivity index (χ4n) is 8.19. The van der Waals surface area contributed by atoms with Gasteiger partial charge in [0.25, 0.3) is 0 Å². The molecular weight excluding hydrogens is 759 g/mol. The van der Waals surface area contributed by atoms with Gasteiger partial charge < -0.3 is 19.7 Å². The van der Waals surface area contributed by atoms with E-state index in [0.29, 0.717) is 18.7 Å². The predicted molar refractivity (Wildman–Crippen MR) is 256 cm³/mol. The Labute approximate surface area is 376 Å². The number of nitriles is 1. The molecule has 1 atom stereocenters. The first-order valence-corrected chi connectivity index (χ1v) is 26.0. The highest BCUT2D eigenvalue weighted by Gasteiger charge is 2.15. The van der Waals surface area contributed by atoms with E-state index in [1.54, 1.807) is 6.20 Å². The molecule has 1 aromatic heterocycles. The summed E-state index contributed by atoms with van der Waals surface area (Å²) in [6.07, 6.45) is 41.7. The third-order valence-corrected chi connectivity index (χ3v) is 12.1. The van der Waals surface area contributed by atoms with Crippen LogP contribution in [0.25, 0.3) is 0 Å². The Morgan fingerprint density at radius 1 is 0.574 bits per heavy atom. The van der Waals surface area contributed by atoms with Crippen LogP contribution in [-0.2, 0) is 19.1 Å². The molecule has 0 amide bonds. The highest BCUT2D eigenvalue weighted by atomic mass is 16.5. The molecule has 9 heteroatoms. The van der Waals surface area contributed by atoms with Gasteiger partial charge in [-0.1, -0.05) is 163 Å². The van der Waals surface area contributed by atoms with E-state index in [4.69, 9.17) is 14.7 Å². The standard InChI is InChI=1S/C52H95N5O4/c1-5-9-12-15-20-27-35-47(8-4)60-51(58)38-30-23-18-25-32-43-57(45-34-41-54-49-40-42-55-50(46-53)56-49)44-33-26-19-24-31-39-52(59)61-48(36-28-21-16-13-10-6-2)37-29-22-17-14-11-7-3/h40,42,47-48H,5-39,41,43-45H2,1-4H3,(H,54,55,56). The van der Waals surface area contributed by atoms with Crippen LogP contribution >= 0.6 is 0 Å². The van der Waals surface area contributed by atoms with Gasteiger partial charge in [0.1, 0.15) is 24.1 Å². The molecule has 9 nitrogen and oxygen atoms in total. The quantitative estimate of drug-likeness (QED) is 0.0505. The summed E-state index contributed by atoms with van der Waals surface area (Å²) in [7, 11) is 0. The van der Waals surface area contributed by atoms with E-state index in [1.807, 2.05) is 12.1 Å². The van der Waals surface area contributed by atoms with Gasteiger partial charge in [-0.15, -0.1) is 0 Å². The normalized spacial score (nSPS) is 11.9. The van der Waals surface area contributed by atoms with Crippen molar-refractivity contribution in [3.05, 3.63) is 18.1 Å². The van der Waals surface area contributed by atoms with Crippen LogP contribution in [0.15, 0.2) is 12.3 Å². The molecule has 0 aliphatic heterocycles. The van der Waals surface area contributed by atoms with Crippen LogP contribution in [0.4, 0.5) is 5.82 Å². The Balaban J connectivity index is 2.40. The molecule has 0 radical (unpaired) electrons. The van der Waals surface area contributed by atoms with Crippen LogP contribution in [0.3, 0.4) is 0 Å². The summed E-state index contributed by atoms with van der Waals surface area (Å²) < 4.78 is 11.9. The summed E-state index contributed by atoms with van der Waals surface area (Å²) in [5.41, 5.74) is 0. The first-order valence-electron chi connectivity index (χ1n) is 26.0. The molecule has 0 spiro atoms. The number of carbonyl (C=O) groups is 2. The fourth-order valence-corrected chi connectivity index (χ4v) is 8.19. The van der Waals surface area contributed by atoms with Crippen LogP contribution in [0.1, 0.15) is 258 Å². The van der Waals surface area contributed by atoms with Crippen LogP contribution < -0.4 is 5.32 Å². The molecule has 61 heavy (non-hydrogen) atoms. The average Bonchev–Trinajstić information content (AvgIpc) is 3.27. The summed E-state index contributed by atoms with van der Waals surface area (Å²) >= 11 is 0. The van der Waals surface area contributed by atoms with Crippen molar-refractivity contribution in [2.45, 2.75) is 265 Å². The Bertz CT molecular complexity index is 1180. The van der Waals surface area contributed by atoms with Gasteiger partial charge in [-0.3, -0.25) is 9.59 Å². The van der Waals surface area contributed by atoms with Crippen LogP contribution in [-0.4, -0.2) is 65.2 Å². The minimum absolute atomic E-state index is 0.0106. The number of aromatic nitrogens is 2. The van der Waals surface area contributed by atoms with Gasteiger partial charge in [-0.2, -0.15) is 5.26 Å². The predicted octanol–water partition coefficient (Wildman–Crippen LogP) is 14.6. The van der Waals surface area contributed by atoms with Gasteiger partial charge in [-0.25, -0.2) is 9.97 Å². The van der Waals surface area contributed by atoms with E-state index in [1.165, 1.54) is 122 Å². The molecule has 352 valence electrons. The summed E-state index contributed by atoms with van der Waals surface area (Å²) in [5.74, 6) is 0.872. The first kappa shape index (κ1) is 56.3. The lowest BCUT2D eigenvalue weighted by atomic mass is 10.0. The zero-order valence-corrected chi connectivity index (χ0v) is 40.3. The average molecular weight is 854 g/mol. The van der Waals surface area contributed by atoms with E-state index >= 15 is 0 Å². The molecule has 1 rings (SSSR count).